The van der Waals surface area contributed by atoms with Crippen LogP contribution in [-0.2, 0) is 36.8 Å². The SMILES string of the molecule is O=C(O)CCC(=O)NC(Cc1ccc(OC(C(=O)O)C(=O)O)cc1)C(=O)NCCc1ccc(O)cc1. The molecular formula is C24H26N2O10. The van der Waals surface area contributed by atoms with Crippen LogP contribution in [0.25, 0.3) is 0 Å². The van der Waals surface area contributed by atoms with Gasteiger partial charge < -0.3 is 35.8 Å². The molecule has 1 unspecified atom stereocenters. The van der Waals surface area contributed by atoms with E-state index in [1.165, 1.54) is 36.4 Å². The fraction of sp³-hybridized carbons (Fsp3) is 0.292. The van der Waals surface area contributed by atoms with Gasteiger partial charge in [-0.05, 0) is 41.8 Å². The first-order valence-electron chi connectivity index (χ1n) is 10.8. The molecule has 0 aliphatic rings. The van der Waals surface area contributed by atoms with E-state index >= 15 is 0 Å². The Labute approximate surface area is 205 Å². The number of ether oxygens (including phenoxy) is 1. The fourth-order valence-electron chi connectivity index (χ4n) is 3.09. The van der Waals surface area contributed by atoms with Gasteiger partial charge in [0, 0.05) is 19.4 Å². The zero-order valence-corrected chi connectivity index (χ0v) is 19.0. The minimum absolute atomic E-state index is 0.0193. The van der Waals surface area contributed by atoms with Gasteiger partial charge in [-0.1, -0.05) is 24.3 Å². The summed E-state index contributed by atoms with van der Waals surface area (Å²) in [5, 5.41) is 41.2. The van der Waals surface area contributed by atoms with Gasteiger partial charge in [0.2, 0.25) is 11.8 Å². The van der Waals surface area contributed by atoms with Gasteiger partial charge in [0.15, 0.2) is 0 Å². The number of aliphatic carboxylic acids is 3. The van der Waals surface area contributed by atoms with Gasteiger partial charge in [0.1, 0.15) is 17.5 Å². The maximum Gasteiger partial charge on any atom is 0.356 e. The molecule has 0 fully saturated rings. The Hall–Kier alpha value is -4.61. The minimum atomic E-state index is -2.09. The molecule has 12 heteroatoms. The fourth-order valence-corrected chi connectivity index (χ4v) is 3.09. The van der Waals surface area contributed by atoms with E-state index in [0.717, 1.165) is 5.56 Å². The molecule has 1 atom stereocenters. The standard InChI is InChI=1S/C24H26N2O10/c27-16-5-1-14(2-6-16)11-12-25-22(31)18(26-19(28)9-10-20(29)30)13-15-3-7-17(8-4-15)36-21(23(32)33)24(34)35/h1-8,18,21,27H,9-13H2,(H,25,31)(H,26,28)(H,29,30)(H,32,33)(H,34,35). The van der Waals surface area contributed by atoms with E-state index in [0.29, 0.717) is 12.0 Å². The van der Waals surface area contributed by atoms with Crippen molar-refractivity contribution in [3.05, 3.63) is 59.7 Å². The Morgan fingerprint density at radius 3 is 1.94 bits per heavy atom. The van der Waals surface area contributed by atoms with E-state index in [1.807, 2.05) is 0 Å². The van der Waals surface area contributed by atoms with E-state index in [-0.39, 0.29) is 30.9 Å². The molecule has 0 aliphatic carbocycles. The third-order valence-electron chi connectivity index (χ3n) is 4.93. The number of nitrogens with one attached hydrogen (secondary N) is 2. The van der Waals surface area contributed by atoms with E-state index in [4.69, 9.17) is 20.1 Å². The second-order valence-corrected chi connectivity index (χ2v) is 7.74. The van der Waals surface area contributed by atoms with Crippen LogP contribution in [0.15, 0.2) is 48.5 Å². The van der Waals surface area contributed by atoms with Crippen molar-refractivity contribution in [1.82, 2.24) is 10.6 Å². The quantitative estimate of drug-likeness (QED) is 0.198. The lowest BCUT2D eigenvalue weighted by molar-refractivity contribution is -0.159. The van der Waals surface area contributed by atoms with Crippen molar-refractivity contribution in [1.29, 1.82) is 0 Å². The highest BCUT2D eigenvalue weighted by molar-refractivity contribution is 5.96. The highest BCUT2D eigenvalue weighted by atomic mass is 16.5. The molecule has 2 aromatic carbocycles. The van der Waals surface area contributed by atoms with Crippen molar-refractivity contribution in [3.63, 3.8) is 0 Å². The van der Waals surface area contributed by atoms with Gasteiger partial charge in [-0.3, -0.25) is 14.4 Å². The summed E-state index contributed by atoms with van der Waals surface area (Å²) < 4.78 is 4.95. The molecule has 6 N–H and O–H groups in total. The lowest BCUT2D eigenvalue weighted by atomic mass is 10.0. The number of benzene rings is 2. The first-order valence-corrected chi connectivity index (χ1v) is 10.8. The summed E-state index contributed by atoms with van der Waals surface area (Å²) in [4.78, 5) is 57.7. The van der Waals surface area contributed by atoms with Gasteiger partial charge in [-0.2, -0.15) is 0 Å². The molecule has 192 valence electrons. The van der Waals surface area contributed by atoms with Gasteiger partial charge in [-0.25, -0.2) is 9.59 Å². The van der Waals surface area contributed by atoms with Crippen molar-refractivity contribution < 1.29 is 49.1 Å². The molecule has 2 rings (SSSR count). The number of hydrogen-bond donors (Lipinski definition) is 6. The van der Waals surface area contributed by atoms with Crippen LogP contribution >= 0.6 is 0 Å². The Bertz CT molecular complexity index is 1070. The van der Waals surface area contributed by atoms with E-state index in [2.05, 4.69) is 10.6 Å². The zero-order valence-electron chi connectivity index (χ0n) is 19.0. The van der Waals surface area contributed by atoms with Crippen LogP contribution in [0.2, 0.25) is 0 Å². The van der Waals surface area contributed by atoms with Crippen molar-refractivity contribution >= 4 is 29.7 Å². The third kappa shape index (κ3) is 9.33. The summed E-state index contributed by atoms with van der Waals surface area (Å²) in [6.07, 6.45) is -2.32. The van der Waals surface area contributed by atoms with E-state index in [1.54, 1.807) is 12.1 Å². The molecule has 0 saturated carbocycles. The first-order chi connectivity index (χ1) is 17.0. The maximum atomic E-state index is 12.8. The van der Waals surface area contributed by atoms with Gasteiger partial charge in [-0.15, -0.1) is 0 Å². The normalized spacial score (nSPS) is 11.4. The number of carboxylic acids is 3. The third-order valence-corrected chi connectivity index (χ3v) is 4.93. The number of aromatic hydroxyl groups is 1. The summed E-state index contributed by atoms with van der Waals surface area (Å²) in [5.74, 6) is -5.52. The monoisotopic (exact) mass is 502 g/mol. The number of amides is 2. The molecule has 0 heterocycles. The smallest absolute Gasteiger partial charge is 0.356 e. The lowest BCUT2D eigenvalue weighted by Crippen LogP contribution is -2.48. The summed E-state index contributed by atoms with van der Waals surface area (Å²) >= 11 is 0. The molecule has 0 spiro atoms. The molecule has 0 bridgehead atoms. The second kappa shape index (κ2) is 13.3. The predicted molar refractivity (Wildman–Crippen MR) is 123 cm³/mol. The summed E-state index contributed by atoms with van der Waals surface area (Å²) in [5.41, 5.74) is 1.41. The number of hydrogen-bond acceptors (Lipinski definition) is 7. The van der Waals surface area contributed by atoms with Crippen LogP contribution in [0, 0.1) is 0 Å². The minimum Gasteiger partial charge on any atom is -0.508 e. The molecule has 2 amide bonds. The lowest BCUT2D eigenvalue weighted by Gasteiger charge is -2.19. The van der Waals surface area contributed by atoms with Gasteiger partial charge >= 0.3 is 17.9 Å². The highest BCUT2D eigenvalue weighted by Gasteiger charge is 2.28. The van der Waals surface area contributed by atoms with Crippen molar-refractivity contribution in [3.8, 4) is 11.5 Å². The van der Waals surface area contributed by atoms with Crippen molar-refractivity contribution in [2.75, 3.05) is 6.54 Å². The predicted octanol–water partition coefficient (Wildman–Crippen LogP) is 0.560. The molecule has 0 aliphatic heterocycles. The molecule has 2 aromatic rings. The average molecular weight is 502 g/mol. The summed E-state index contributed by atoms with van der Waals surface area (Å²) in [7, 11) is 0. The van der Waals surface area contributed by atoms with Crippen LogP contribution in [-0.4, -0.2) is 68.8 Å². The summed E-state index contributed by atoms with van der Waals surface area (Å²) in [6.45, 7) is 0.240. The van der Waals surface area contributed by atoms with Gasteiger partial charge in [0.25, 0.3) is 6.10 Å². The van der Waals surface area contributed by atoms with Crippen LogP contribution < -0.4 is 15.4 Å². The number of carbonyl (C=O) groups is 5. The summed E-state index contributed by atoms with van der Waals surface area (Å²) in [6, 6.07) is 11.0. The van der Waals surface area contributed by atoms with Crippen molar-refractivity contribution in [2.24, 2.45) is 0 Å². The molecule has 36 heavy (non-hydrogen) atoms. The molecule has 0 radical (unpaired) electrons. The Morgan fingerprint density at radius 2 is 1.39 bits per heavy atom. The second-order valence-electron chi connectivity index (χ2n) is 7.74. The van der Waals surface area contributed by atoms with Crippen LogP contribution in [0.1, 0.15) is 24.0 Å². The first kappa shape index (κ1) is 27.6. The van der Waals surface area contributed by atoms with Crippen LogP contribution in [0.4, 0.5) is 0 Å². The van der Waals surface area contributed by atoms with E-state index in [9.17, 15) is 29.1 Å². The van der Waals surface area contributed by atoms with Crippen molar-refractivity contribution in [2.45, 2.75) is 37.8 Å². The number of phenols is 1. The number of rotatable bonds is 14. The molecule has 0 aromatic heterocycles. The number of carbonyl (C=O) groups excluding carboxylic acids is 2. The molecule has 12 nitrogen and oxygen atoms in total. The topological polar surface area (TPSA) is 200 Å². The van der Waals surface area contributed by atoms with Crippen LogP contribution in [0.5, 0.6) is 11.5 Å². The van der Waals surface area contributed by atoms with Gasteiger partial charge in [0.05, 0.1) is 6.42 Å². The maximum absolute atomic E-state index is 12.8. The molecule has 0 saturated heterocycles. The Morgan fingerprint density at radius 1 is 0.806 bits per heavy atom. The van der Waals surface area contributed by atoms with E-state index < -0.39 is 48.3 Å². The zero-order chi connectivity index (χ0) is 26.7. The largest absolute Gasteiger partial charge is 0.508 e. The molecular weight excluding hydrogens is 476 g/mol. The number of phenolic OH excluding ortho intramolecular Hbond substituents is 1. The highest BCUT2D eigenvalue weighted by Crippen LogP contribution is 2.16. The van der Waals surface area contributed by atoms with Crippen LogP contribution in [0.3, 0.4) is 0 Å². The average Bonchev–Trinajstić information content (AvgIpc) is 2.82. The Balaban J connectivity index is 2.05. The Kier molecular flexibility index (Phi) is 10.2. The number of carboxylic acid groups (broad SMARTS) is 3.